The summed E-state index contributed by atoms with van der Waals surface area (Å²) in [4.78, 5) is 33.5. The lowest BCUT2D eigenvalue weighted by Gasteiger charge is -2.25. The molecule has 0 saturated heterocycles. The summed E-state index contributed by atoms with van der Waals surface area (Å²) in [5.41, 5.74) is 2.30. The van der Waals surface area contributed by atoms with Crippen molar-refractivity contribution in [2.45, 2.75) is 33.0 Å². The molecule has 2 aromatic carbocycles. The van der Waals surface area contributed by atoms with Crippen LogP contribution in [0.5, 0.6) is 11.5 Å². The molecule has 1 aliphatic rings. The Morgan fingerprint density at radius 3 is 2.63 bits per heavy atom. The number of fused-ring (bicyclic) bond motifs is 3. The summed E-state index contributed by atoms with van der Waals surface area (Å²) in [6, 6.07) is 14.4. The van der Waals surface area contributed by atoms with Gasteiger partial charge >= 0.3 is 0 Å². The van der Waals surface area contributed by atoms with Gasteiger partial charge in [0, 0.05) is 49.6 Å². The molecule has 2 N–H and O–H groups in total. The van der Waals surface area contributed by atoms with Crippen molar-refractivity contribution in [2.75, 3.05) is 33.4 Å². The van der Waals surface area contributed by atoms with Crippen molar-refractivity contribution in [1.82, 2.24) is 40.1 Å². The molecule has 0 radical (unpaired) electrons. The van der Waals surface area contributed by atoms with Gasteiger partial charge in [-0.1, -0.05) is 44.2 Å². The Morgan fingerprint density at radius 1 is 1.09 bits per heavy atom. The minimum atomic E-state index is -0.397. The summed E-state index contributed by atoms with van der Waals surface area (Å²) in [6.45, 7) is 6.12. The van der Waals surface area contributed by atoms with Crippen LogP contribution in [0.25, 0.3) is 11.4 Å². The van der Waals surface area contributed by atoms with E-state index in [1.165, 1.54) is 0 Å². The molecule has 1 aliphatic heterocycles. The van der Waals surface area contributed by atoms with Gasteiger partial charge in [0.1, 0.15) is 6.61 Å². The molecule has 0 aliphatic carbocycles. The van der Waals surface area contributed by atoms with Crippen molar-refractivity contribution in [2.24, 2.45) is 13.0 Å². The number of carbonyl (C=O) groups is 2. The maximum atomic E-state index is 13.5. The Balaban J connectivity index is 1.50. The highest BCUT2D eigenvalue weighted by molar-refractivity contribution is 5.94. The molecule has 1 atom stereocenters. The Labute approximate surface area is 251 Å². The number of methoxy groups -OCH3 is 1. The molecule has 3 heterocycles. The van der Waals surface area contributed by atoms with Crippen LogP contribution in [0.4, 0.5) is 0 Å². The number of aryl methyl sites for hydroxylation is 1. The summed E-state index contributed by atoms with van der Waals surface area (Å²) in [5.74, 6) is 1.83. The quantitative estimate of drug-likeness (QED) is 0.366. The first kappa shape index (κ1) is 29.8. The van der Waals surface area contributed by atoms with E-state index in [2.05, 4.69) is 15.7 Å². The number of carbonyl (C=O) groups excluding carboxylic acids is 2. The smallest absolute Gasteiger partial charge is 0.251 e. The van der Waals surface area contributed by atoms with Gasteiger partial charge in [-0.15, -0.1) is 0 Å². The zero-order valence-electron chi connectivity index (χ0n) is 25.0. The fourth-order valence-electron chi connectivity index (χ4n) is 5.04. The van der Waals surface area contributed by atoms with Gasteiger partial charge in [-0.2, -0.15) is 10.2 Å². The van der Waals surface area contributed by atoms with Crippen LogP contribution in [0.1, 0.15) is 41.6 Å². The molecule has 12 heteroatoms. The Kier molecular flexibility index (Phi) is 9.35. The second-order valence-corrected chi connectivity index (χ2v) is 10.9. The van der Waals surface area contributed by atoms with E-state index in [0.29, 0.717) is 54.9 Å². The lowest BCUT2D eigenvalue weighted by molar-refractivity contribution is -0.123. The minimum Gasteiger partial charge on any atom is -0.493 e. The lowest BCUT2D eigenvalue weighted by atomic mass is 10.0. The first-order valence-corrected chi connectivity index (χ1v) is 14.4. The highest BCUT2D eigenvalue weighted by Gasteiger charge is 2.27. The zero-order valence-corrected chi connectivity index (χ0v) is 25.0. The number of nitrogens with one attached hydrogen (secondary N) is 2. The first-order valence-electron chi connectivity index (χ1n) is 14.4. The average molecular weight is 587 g/mol. The molecule has 0 unspecified atom stereocenters. The van der Waals surface area contributed by atoms with Gasteiger partial charge in [0.15, 0.2) is 23.1 Å². The van der Waals surface area contributed by atoms with Crippen LogP contribution in [0, 0.1) is 5.92 Å². The Morgan fingerprint density at radius 2 is 1.91 bits per heavy atom. The van der Waals surface area contributed by atoms with E-state index in [0.717, 1.165) is 11.1 Å². The first-order chi connectivity index (χ1) is 20.8. The fourth-order valence-corrected chi connectivity index (χ4v) is 5.04. The monoisotopic (exact) mass is 586 g/mol. The van der Waals surface area contributed by atoms with E-state index in [9.17, 15) is 9.59 Å². The third kappa shape index (κ3) is 7.39. The SMILES string of the molecule is COc1ccc2cc1OCCn1nc(-c3ccccc3)nc1[C@@H](C(C)C)NC(=O)CN(Cc1cnn(C)c1)CCNC2=O. The third-order valence-corrected chi connectivity index (χ3v) is 7.23. The third-order valence-electron chi connectivity index (χ3n) is 7.23. The van der Waals surface area contributed by atoms with Crippen molar-refractivity contribution in [3.05, 3.63) is 77.9 Å². The van der Waals surface area contributed by atoms with Crippen LogP contribution < -0.4 is 20.1 Å². The molecule has 2 amide bonds. The lowest BCUT2D eigenvalue weighted by Crippen LogP contribution is -2.43. The van der Waals surface area contributed by atoms with Crippen LogP contribution in [-0.2, 0) is 24.9 Å². The predicted molar refractivity (Wildman–Crippen MR) is 160 cm³/mol. The standard InChI is InChI=1S/C31H38N8O4/c1-21(2)28-30-35-29(23-8-6-5-7-9-23)36-39(30)14-15-43-26-16-24(10-11-25(26)42-4)31(41)32-12-13-38(20-27(40)34-28)19-22-17-33-37(3)18-22/h5-11,16-18,21,28H,12-15,19-20H2,1-4H3,(H,32,41)(H,34,40)/t28-/m1/s1. The van der Waals surface area contributed by atoms with Crippen LogP contribution in [-0.4, -0.2) is 74.6 Å². The molecule has 2 aromatic heterocycles. The second-order valence-electron chi connectivity index (χ2n) is 10.9. The second kappa shape index (κ2) is 13.5. The molecule has 226 valence electrons. The number of nitrogens with zero attached hydrogens (tertiary/aromatic N) is 6. The maximum absolute atomic E-state index is 13.5. The Hall–Kier alpha value is -4.71. The van der Waals surface area contributed by atoms with E-state index in [1.807, 2.05) is 62.3 Å². The molecule has 5 rings (SSSR count). The molecule has 0 saturated carbocycles. The van der Waals surface area contributed by atoms with Crippen LogP contribution in [0.15, 0.2) is 60.9 Å². The number of benzene rings is 2. The largest absolute Gasteiger partial charge is 0.493 e. The number of aromatic nitrogens is 5. The normalized spacial score (nSPS) is 17.0. The molecule has 12 nitrogen and oxygen atoms in total. The van der Waals surface area contributed by atoms with Crippen molar-refractivity contribution >= 4 is 11.8 Å². The van der Waals surface area contributed by atoms with E-state index in [1.54, 1.807) is 40.9 Å². The highest BCUT2D eigenvalue weighted by Crippen LogP contribution is 2.29. The van der Waals surface area contributed by atoms with Gasteiger partial charge in [-0.05, 0) is 24.1 Å². The number of hydrogen-bond acceptors (Lipinski definition) is 8. The van der Waals surface area contributed by atoms with E-state index < -0.39 is 6.04 Å². The zero-order chi connectivity index (χ0) is 30.3. The van der Waals surface area contributed by atoms with Crippen LogP contribution >= 0.6 is 0 Å². The number of amides is 2. The van der Waals surface area contributed by atoms with Crippen molar-refractivity contribution in [3.63, 3.8) is 0 Å². The number of ether oxygens (including phenoxy) is 2. The van der Waals surface area contributed by atoms with Crippen molar-refractivity contribution < 1.29 is 19.1 Å². The number of hydrogen-bond donors (Lipinski definition) is 2. The highest BCUT2D eigenvalue weighted by atomic mass is 16.5. The van der Waals surface area contributed by atoms with Gasteiger partial charge < -0.3 is 20.1 Å². The average Bonchev–Trinajstić information content (AvgIpc) is 3.61. The number of rotatable bonds is 5. The molecular weight excluding hydrogens is 548 g/mol. The molecule has 0 fully saturated rings. The topological polar surface area (TPSA) is 128 Å². The van der Waals surface area contributed by atoms with E-state index in [4.69, 9.17) is 19.6 Å². The summed E-state index contributed by atoms with van der Waals surface area (Å²) >= 11 is 0. The van der Waals surface area contributed by atoms with Gasteiger partial charge in [0.2, 0.25) is 5.91 Å². The van der Waals surface area contributed by atoms with Gasteiger partial charge in [-0.25, -0.2) is 9.67 Å². The maximum Gasteiger partial charge on any atom is 0.251 e. The minimum absolute atomic E-state index is 0.0290. The molecular formula is C31H38N8O4. The molecule has 0 spiro atoms. The van der Waals surface area contributed by atoms with E-state index in [-0.39, 0.29) is 30.9 Å². The summed E-state index contributed by atoms with van der Waals surface area (Å²) in [6.07, 6.45) is 3.70. The van der Waals surface area contributed by atoms with Crippen LogP contribution in [0.3, 0.4) is 0 Å². The Bertz CT molecular complexity index is 1550. The van der Waals surface area contributed by atoms with Gasteiger partial charge in [-0.3, -0.25) is 19.2 Å². The summed E-state index contributed by atoms with van der Waals surface area (Å²) in [7, 11) is 3.42. The molecule has 43 heavy (non-hydrogen) atoms. The molecule has 4 aromatic rings. The van der Waals surface area contributed by atoms with E-state index >= 15 is 0 Å². The van der Waals surface area contributed by atoms with Gasteiger partial charge in [0.05, 0.1) is 32.4 Å². The fraction of sp³-hybridized carbons (Fsp3) is 0.387. The molecule has 2 bridgehead atoms. The van der Waals surface area contributed by atoms with Gasteiger partial charge in [0.25, 0.3) is 5.91 Å². The predicted octanol–water partition coefficient (Wildman–Crippen LogP) is 2.83. The summed E-state index contributed by atoms with van der Waals surface area (Å²) < 4.78 is 15.1. The van der Waals surface area contributed by atoms with Crippen molar-refractivity contribution in [1.29, 1.82) is 0 Å². The van der Waals surface area contributed by atoms with Crippen molar-refractivity contribution in [3.8, 4) is 22.9 Å². The van der Waals surface area contributed by atoms with Crippen LogP contribution in [0.2, 0.25) is 0 Å². The summed E-state index contributed by atoms with van der Waals surface area (Å²) in [5, 5.41) is 15.3.